The SMILES string of the molecule is CCCOCC(=O)NCc1ccc(/C(N)=N/O)cc1. The van der Waals surface area contributed by atoms with Crippen molar-refractivity contribution in [1.82, 2.24) is 5.32 Å². The molecule has 0 bridgehead atoms. The Kier molecular flexibility index (Phi) is 6.38. The molecule has 0 aliphatic heterocycles. The molecule has 0 spiro atoms. The molecule has 0 radical (unpaired) electrons. The Morgan fingerprint density at radius 1 is 1.42 bits per heavy atom. The largest absolute Gasteiger partial charge is 0.409 e. The average Bonchev–Trinajstić information content (AvgIpc) is 2.45. The van der Waals surface area contributed by atoms with Crippen LogP contribution in [0.4, 0.5) is 0 Å². The molecule has 19 heavy (non-hydrogen) atoms. The molecule has 1 aromatic rings. The third kappa shape index (κ3) is 5.39. The molecule has 4 N–H and O–H groups in total. The summed E-state index contributed by atoms with van der Waals surface area (Å²) in [7, 11) is 0. The fraction of sp³-hybridized carbons (Fsp3) is 0.385. The van der Waals surface area contributed by atoms with Gasteiger partial charge in [0.1, 0.15) is 6.61 Å². The quantitative estimate of drug-likeness (QED) is 0.223. The molecule has 0 unspecified atom stereocenters. The van der Waals surface area contributed by atoms with E-state index in [9.17, 15) is 4.79 Å². The van der Waals surface area contributed by atoms with E-state index in [0.717, 1.165) is 12.0 Å². The first-order valence-corrected chi connectivity index (χ1v) is 6.08. The van der Waals surface area contributed by atoms with Crippen molar-refractivity contribution >= 4 is 11.7 Å². The molecule has 0 heterocycles. The highest BCUT2D eigenvalue weighted by Crippen LogP contribution is 2.04. The number of oxime groups is 1. The van der Waals surface area contributed by atoms with Crippen LogP contribution in [0, 0.1) is 0 Å². The number of hydrogen-bond acceptors (Lipinski definition) is 4. The molecule has 0 fully saturated rings. The second-order valence-electron chi connectivity index (χ2n) is 4.01. The second kappa shape index (κ2) is 8.10. The van der Waals surface area contributed by atoms with Gasteiger partial charge in [-0.1, -0.05) is 36.3 Å². The summed E-state index contributed by atoms with van der Waals surface area (Å²) in [6, 6.07) is 7.06. The normalized spacial score (nSPS) is 11.3. The van der Waals surface area contributed by atoms with Crippen LogP contribution in [0.2, 0.25) is 0 Å². The number of nitrogens with zero attached hydrogens (tertiary/aromatic N) is 1. The highest BCUT2D eigenvalue weighted by atomic mass is 16.5. The van der Waals surface area contributed by atoms with Crippen LogP contribution in [0.3, 0.4) is 0 Å². The number of rotatable bonds is 7. The number of ether oxygens (including phenoxy) is 1. The van der Waals surface area contributed by atoms with Gasteiger partial charge < -0.3 is 21.0 Å². The van der Waals surface area contributed by atoms with Gasteiger partial charge in [0.15, 0.2) is 5.84 Å². The molecule has 1 aromatic carbocycles. The first kappa shape index (κ1) is 15.0. The lowest BCUT2D eigenvalue weighted by Gasteiger charge is -2.06. The number of nitrogens with two attached hydrogens (primary N) is 1. The second-order valence-corrected chi connectivity index (χ2v) is 4.01. The zero-order chi connectivity index (χ0) is 14.1. The molecule has 0 aliphatic carbocycles. The summed E-state index contributed by atoms with van der Waals surface area (Å²) in [6.07, 6.45) is 0.891. The Labute approximate surface area is 112 Å². The maximum atomic E-state index is 11.4. The van der Waals surface area contributed by atoms with Gasteiger partial charge in [-0.05, 0) is 12.0 Å². The zero-order valence-corrected chi connectivity index (χ0v) is 10.9. The summed E-state index contributed by atoms with van der Waals surface area (Å²) < 4.78 is 5.13. The third-order valence-electron chi connectivity index (χ3n) is 2.43. The van der Waals surface area contributed by atoms with Crippen LogP contribution in [-0.4, -0.2) is 30.2 Å². The first-order chi connectivity index (χ1) is 9.17. The summed E-state index contributed by atoms with van der Waals surface area (Å²) in [6.45, 7) is 3.07. The summed E-state index contributed by atoms with van der Waals surface area (Å²) >= 11 is 0. The standard InChI is InChI=1S/C13H19N3O3/c1-2-7-19-9-12(17)15-8-10-3-5-11(6-4-10)13(14)16-18/h3-6,18H,2,7-9H2,1H3,(H2,14,16)(H,15,17). The van der Waals surface area contributed by atoms with Crippen LogP contribution in [0.5, 0.6) is 0 Å². The molecule has 6 nitrogen and oxygen atoms in total. The first-order valence-electron chi connectivity index (χ1n) is 6.08. The molecule has 0 saturated heterocycles. The Morgan fingerprint density at radius 2 is 2.11 bits per heavy atom. The summed E-state index contributed by atoms with van der Waals surface area (Å²) in [5.41, 5.74) is 7.01. The van der Waals surface area contributed by atoms with Crippen molar-refractivity contribution in [3.05, 3.63) is 35.4 Å². The van der Waals surface area contributed by atoms with Crippen molar-refractivity contribution in [2.45, 2.75) is 19.9 Å². The van der Waals surface area contributed by atoms with E-state index in [0.29, 0.717) is 18.7 Å². The lowest BCUT2D eigenvalue weighted by molar-refractivity contribution is -0.125. The average molecular weight is 265 g/mol. The van der Waals surface area contributed by atoms with E-state index < -0.39 is 0 Å². The van der Waals surface area contributed by atoms with E-state index in [-0.39, 0.29) is 18.3 Å². The van der Waals surface area contributed by atoms with E-state index in [2.05, 4.69) is 10.5 Å². The monoisotopic (exact) mass is 265 g/mol. The molecule has 1 amide bonds. The van der Waals surface area contributed by atoms with Crippen molar-refractivity contribution in [3.8, 4) is 0 Å². The minimum absolute atomic E-state index is 0.0588. The minimum atomic E-state index is -0.144. The molecule has 104 valence electrons. The highest BCUT2D eigenvalue weighted by Gasteiger charge is 2.02. The lowest BCUT2D eigenvalue weighted by Crippen LogP contribution is -2.27. The number of carbonyl (C=O) groups excluding carboxylic acids is 1. The van der Waals surface area contributed by atoms with Crippen LogP contribution < -0.4 is 11.1 Å². The molecule has 1 rings (SSSR count). The van der Waals surface area contributed by atoms with Crippen molar-refractivity contribution in [2.24, 2.45) is 10.9 Å². The van der Waals surface area contributed by atoms with Gasteiger partial charge in [0.2, 0.25) is 5.91 Å². The van der Waals surface area contributed by atoms with Crippen molar-refractivity contribution in [1.29, 1.82) is 0 Å². The highest BCUT2D eigenvalue weighted by molar-refractivity contribution is 5.96. The fourth-order valence-corrected chi connectivity index (χ4v) is 1.41. The molecule has 0 saturated carbocycles. The van der Waals surface area contributed by atoms with Gasteiger partial charge in [-0.2, -0.15) is 0 Å². The van der Waals surface area contributed by atoms with Crippen LogP contribution >= 0.6 is 0 Å². The number of hydrogen-bond donors (Lipinski definition) is 3. The van der Waals surface area contributed by atoms with Crippen LogP contribution in [0.25, 0.3) is 0 Å². The van der Waals surface area contributed by atoms with E-state index in [1.54, 1.807) is 24.3 Å². The Hall–Kier alpha value is -2.08. The van der Waals surface area contributed by atoms with Crippen molar-refractivity contribution < 1.29 is 14.7 Å². The predicted octanol–water partition coefficient (Wildman–Crippen LogP) is 0.824. The van der Waals surface area contributed by atoms with Gasteiger partial charge in [-0.15, -0.1) is 0 Å². The van der Waals surface area contributed by atoms with E-state index >= 15 is 0 Å². The molecule has 6 heteroatoms. The maximum Gasteiger partial charge on any atom is 0.246 e. The summed E-state index contributed by atoms with van der Waals surface area (Å²) in [5, 5.41) is 14.2. The zero-order valence-electron chi connectivity index (χ0n) is 10.9. The molecule has 0 aliphatic rings. The van der Waals surface area contributed by atoms with E-state index in [1.165, 1.54) is 0 Å². The number of amidine groups is 1. The third-order valence-corrected chi connectivity index (χ3v) is 2.43. The van der Waals surface area contributed by atoms with Gasteiger partial charge in [0.05, 0.1) is 0 Å². The molecule has 0 atom stereocenters. The maximum absolute atomic E-state index is 11.4. The Morgan fingerprint density at radius 3 is 2.68 bits per heavy atom. The van der Waals surface area contributed by atoms with Crippen molar-refractivity contribution in [2.75, 3.05) is 13.2 Å². The van der Waals surface area contributed by atoms with Crippen LogP contribution in [-0.2, 0) is 16.1 Å². The molecular weight excluding hydrogens is 246 g/mol. The smallest absolute Gasteiger partial charge is 0.246 e. The number of amides is 1. The van der Waals surface area contributed by atoms with Gasteiger partial charge in [-0.25, -0.2) is 0 Å². The topological polar surface area (TPSA) is 96.9 Å². The van der Waals surface area contributed by atoms with Crippen LogP contribution in [0.15, 0.2) is 29.4 Å². The minimum Gasteiger partial charge on any atom is -0.409 e. The van der Waals surface area contributed by atoms with Gasteiger partial charge in [0, 0.05) is 18.7 Å². The number of carbonyl (C=O) groups is 1. The fourth-order valence-electron chi connectivity index (χ4n) is 1.41. The number of benzene rings is 1. The van der Waals surface area contributed by atoms with E-state index in [4.69, 9.17) is 15.7 Å². The van der Waals surface area contributed by atoms with Gasteiger partial charge in [-0.3, -0.25) is 4.79 Å². The van der Waals surface area contributed by atoms with E-state index in [1.807, 2.05) is 6.92 Å². The van der Waals surface area contributed by atoms with Crippen molar-refractivity contribution in [3.63, 3.8) is 0 Å². The Balaban J connectivity index is 2.39. The van der Waals surface area contributed by atoms with Gasteiger partial charge in [0.25, 0.3) is 0 Å². The predicted molar refractivity (Wildman–Crippen MR) is 71.9 cm³/mol. The Bertz CT molecular complexity index is 429. The summed E-state index contributed by atoms with van der Waals surface area (Å²) in [4.78, 5) is 11.4. The van der Waals surface area contributed by atoms with Gasteiger partial charge >= 0.3 is 0 Å². The number of nitrogens with one attached hydrogen (secondary N) is 1. The molecular formula is C13H19N3O3. The molecule has 0 aromatic heterocycles. The summed E-state index contributed by atoms with van der Waals surface area (Å²) in [5.74, 6) is -0.0856. The lowest BCUT2D eigenvalue weighted by atomic mass is 10.1. The van der Waals surface area contributed by atoms with Crippen LogP contribution in [0.1, 0.15) is 24.5 Å².